The van der Waals surface area contributed by atoms with Crippen molar-refractivity contribution in [1.29, 1.82) is 0 Å². The van der Waals surface area contributed by atoms with E-state index in [2.05, 4.69) is 26.1 Å². The first kappa shape index (κ1) is 27.9. The lowest BCUT2D eigenvalue weighted by Gasteiger charge is -2.25. The number of benzene rings is 2. The molecule has 7 nitrogen and oxygen atoms in total. The number of aryl methyl sites for hydroxylation is 1. The Morgan fingerprint density at radius 1 is 1.18 bits per heavy atom. The first-order valence-electron chi connectivity index (χ1n) is 12.7. The summed E-state index contributed by atoms with van der Waals surface area (Å²) in [5.41, 5.74) is 5.18. The highest BCUT2D eigenvalue weighted by atomic mass is 32.2. The highest BCUT2D eigenvalue weighted by Gasteiger charge is 2.40. The second kappa shape index (κ2) is 11.3. The third kappa shape index (κ3) is 5.63. The number of halogens is 1. The number of methoxy groups -OCH3 is 1. The lowest BCUT2D eigenvalue weighted by atomic mass is 9.87. The molecule has 38 heavy (non-hydrogen) atoms. The Morgan fingerprint density at radius 3 is 2.55 bits per heavy atom. The number of amides is 2. The van der Waals surface area contributed by atoms with Gasteiger partial charge < -0.3 is 10.1 Å². The molecule has 0 fully saturated rings. The number of carbonyl (C=O) groups excluding carboxylic acids is 2. The molecule has 1 aliphatic rings. The maximum Gasteiger partial charge on any atom is 0.240 e. The van der Waals surface area contributed by atoms with E-state index < -0.39 is 0 Å². The molecule has 1 aromatic heterocycles. The molecular formula is C29H35FN4O3S. The number of aromatic nitrogens is 2. The predicted molar refractivity (Wildman–Crippen MR) is 150 cm³/mol. The fourth-order valence-corrected chi connectivity index (χ4v) is 5.80. The molecule has 0 saturated heterocycles. The van der Waals surface area contributed by atoms with Gasteiger partial charge in [0.25, 0.3) is 0 Å². The van der Waals surface area contributed by atoms with E-state index in [4.69, 9.17) is 9.84 Å². The summed E-state index contributed by atoms with van der Waals surface area (Å²) in [4.78, 5) is 28.2. The Kier molecular flexibility index (Phi) is 8.28. The van der Waals surface area contributed by atoms with Crippen LogP contribution in [-0.2, 0) is 19.7 Å². The second-order valence-electron chi connectivity index (χ2n) is 10.5. The minimum Gasteiger partial charge on any atom is -0.383 e. The Bertz CT molecular complexity index is 1330. The smallest absolute Gasteiger partial charge is 0.240 e. The first-order valence-corrected chi connectivity index (χ1v) is 13.7. The van der Waals surface area contributed by atoms with E-state index in [1.54, 1.807) is 24.1 Å². The lowest BCUT2D eigenvalue weighted by Crippen LogP contribution is -2.43. The number of anilines is 1. The Labute approximate surface area is 227 Å². The van der Waals surface area contributed by atoms with E-state index >= 15 is 0 Å². The van der Waals surface area contributed by atoms with Gasteiger partial charge in [0, 0.05) is 24.6 Å². The van der Waals surface area contributed by atoms with Crippen LogP contribution in [-0.4, -0.2) is 54.2 Å². The molecule has 4 rings (SSSR count). The van der Waals surface area contributed by atoms with Gasteiger partial charge in [0.2, 0.25) is 11.8 Å². The van der Waals surface area contributed by atoms with Gasteiger partial charge in [-0.3, -0.25) is 14.5 Å². The van der Waals surface area contributed by atoms with Crippen molar-refractivity contribution in [2.24, 2.45) is 0 Å². The van der Waals surface area contributed by atoms with Crippen LogP contribution in [0.3, 0.4) is 0 Å². The normalized spacial score (nSPS) is 15.8. The average molecular weight is 539 g/mol. The van der Waals surface area contributed by atoms with E-state index in [0.717, 1.165) is 33.6 Å². The third-order valence-electron chi connectivity index (χ3n) is 6.71. The maximum absolute atomic E-state index is 13.9. The number of nitrogens with zero attached hydrogens (tertiary/aromatic N) is 3. The molecule has 1 aliphatic heterocycles. The number of fused-ring (bicyclic) bond motifs is 1. The summed E-state index contributed by atoms with van der Waals surface area (Å²) >= 11 is 1.47. The van der Waals surface area contributed by atoms with E-state index in [9.17, 15) is 14.0 Å². The zero-order valence-corrected chi connectivity index (χ0v) is 23.6. The first-order chi connectivity index (χ1) is 18.0. The summed E-state index contributed by atoms with van der Waals surface area (Å²) in [6, 6.07) is 12.4. The van der Waals surface area contributed by atoms with Crippen molar-refractivity contribution in [3.8, 4) is 5.69 Å². The van der Waals surface area contributed by atoms with Crippen LogP contribution in [0.5, 0.6) is 0 Å². The Balaban J connectivity index is 1.98. The predicted octanol–water partition coefficient (Wildman–Crippen LogP) is 4.86. The van der Waals surface area contributed by atoms with Gasteiger partial charge in [-0.25, -0.2) is 9.07 Å². The van der Waals surface area contributed by atoms with Crippen LogP contribution in [0.1, 0.15) is 54.0 Å². The number of rotatable bonds is 7. The standard InChI is InChI=1S/C29H35FN4O3S/c1-18-8-7-9-22(19(18)2)34-28-25(27(32-34)29(3,4)5)26(20-10-12-21(30)13-11-20)38-17-24(36)33(28)16-23(35)31-14-15-37-6/h7-13,26H,14-17H2,1-6H3,(H,31,35). The number of thioether (sulfide) groups is 1. The van der Waals surface area contributed by atoms with Gasteiger partial charge in [0.05, 0.1) is 29.0 Å². The van der Waals surface area contributed by atoms with Crippen molar-refractivity contribution >= 4 is 29.4 Å². The number of nitrogens with one attached hydrogen (secondary N) is 1. The van der Waals surface area contributed by atoms with Gasteiger partial charge in [-0.1, -0.05) is 45.0 Å². The van der Waals surface area contributed by atoms with Crippen molar-refractivity contribution in [1.82, 2.24) is 15.1 Å². The molecule has 1 N–H and O–H groups in total. The molecular weight excluding hydrogens is 503 g/mol. The topological polar surface area (TPSA) is 76.5 Å². The van der Waals surface area contributed by atoms with Crippen LogP contribution in [0.25, 0.3) is 5.69 Å². The molecule has 9 heteroatoms. The van der Waals surface area contributed by atoms with Gasteiger partial charge in [0.1, 0.15) is 18.2 Å². The molecule has 0 saturated carbocycles. The zero-order valence-electron chi connectivity index (χ0n) is 22.8. The summed E-state index contributed by atoms with van der Waals surface area (Å²) in [6.45, 7) is 10.9. The molecule has 1 unspecified atom stereocenters. The minimum absolute atomic E-state index is 0.146. The molecule has 2 aromatic carbocycles. The molecule has 1 atom stereocenters. The average Bonchev–Trinajstić information content (AvgIpc) is 3.20. The maximum atomic E-state index is 13.9. The largest absolute Gasteiger partial charge is 0.383 e. The fraction of sp³-hybridized carbons (Fsp3) is 0.414. The molecule has 202 valence electrons. The molecule has 0 radical (unpaired) electrons. The summed E-state index contributed by atoms with van der Waals surface area (Å²) < 4.78 is 20.7. The van der Waals surface area contributed by atoms with Gasteiger partial charge in [0.15, 0.2) is 0 Å². The van der Waals surface area contributed by atoms with E-state index in [1.807, 2.05) is 36.7 Å². The summed E-state index contributed by atoms with van der Waals surface area (Å²) in [6.07, 6.45) is 0. The van der Waals surface area contributed by atoms with Gasteiger partial charge in [-0.05, 0) is 48.7 Å². The van der Waals surface area contributed by atoms with E-state index in [1.165, 1.54) is 23.9 Å². The van der Waals surface area contributed by atoms with Gasteiger partial charge in [-0.15, -0.1) is 11.8 Å². The van der Waals surface area contributed by atoms with Crippen molar-refractivity contribution < 1.29 is 18.7 Å². The van der Waals surface area contributed by atoms with Crippen molar-refractivity contribution in [2.45, 2.75) is 45.3 Å². The van der Waals surface area contributed by atoms with Gasteiger partial charge >= 0.3 is 0 Å². The summed E-state index contributed by atoms with van der Waals surface area (Å²) in [5.74, 6) is -0.0411. The number of ether oxygens (including phenoxy) is 1. The van der Waals surface area contributed by atoms with Crippen LogP contribution < -0.4 is 10.2 Å². The van der Waals surface area contributed by atoms with E-state index in [0.29, 0.717) is 19.0 Å². The fourth-order valence-electron chi connectivity index (χ4n) is 4.60. The van der Waals surface area contributed by atoms with Crippen LogP contribution in [0.15, 0.2) is 42.5 Å². The van der Waals surface area contributed by atoms with Crippen LogP contribution in [0.2, 0.25) is 0 Å². The monoisotopic (exact) mass is 538 g/mol. The number of hydrogen-bond acceptors (Lipinski definition) is 5. The highest BCUT2D eigenvalue weighted by Crippen LogP contribution is 2.48. The van der Waals surface area contributed by atoms with Gasteiger partial charge in [-0.2, -0.15) is 5.10 Å². The second-order valence-corrected chi connectivity index (χ2v) is 11.6. The van der Waals surface area contributed by atoms with Crippen LogP contribution in [0, 0.1) is 19.7 Å². The lowest BCUT2D eigenvalue weighted by molar-refractivity contribution is -0.123. The zero-order chi connectivity index (χ0) is 27.6. The molecule has 0 bridgehead atoms. The molecule has 2 amide bonds. The quantitative estimate of drug-likeness (QED) is 0.435. The van der Waals surface area contributed by atoms with Crippen molar-refractivity contribution in [2.75, 3.05) is 37.5 Å². The van der Waals surface area contributed by atoms with E-state index in [-0.39, 0.29) is 40.6 Å². The molecule has 0 spiro atoms. The van der Waals surface area contributed by atoms with Crippen LogP contribution in [0.4, 0.5) is 10.2 Å². The van der Waals surface area contributed by atoms with Crippen molar-refractivity contribution in [3.05, 3.63) is 76.2 Å². The molecule has 0 aliphatic carbocycles. The Hall–Kier alpha value is -3.17. The third-order valence-corrected chi connectivity index (χ3v) is 7.96. The number of hydrogen-bond donors (Lipinski definition) is 1. The summed E-state index contributed by atoms with van der Waals surface area (Å²) in [7, 11) is 1.57. The molecule has 3 aromatic rings. The minimum atomic E-state index is -0.369. The number of carbonyl (C=O) groups is 2. The van der Waals surface area contributed by atoms with Crippen LogP contribution >= 0.6 is 11.8 Å². The SMILES string of the molecule is COCCNC(=O)CN1C(=O)CSC(c2ccc(F)cc2)c2c(C(C)(C)C)nn(-c3cccc(C)c3C)c21. The van der Waals surface area contributed by atoms with Crippen molar-refractivity contribution in [3.63, 3.8) is 0 Å². The summed E-state index contributed by atoms with van der Waals surface area (Å²) in [5, 5.41) is 7.68. The molecule has 2 heterocycles. The Morgan fingerprint density at radius 2 is 1.89 bits per heavy atom. The highest BCUT2D eigenvalue weighted by molar-refractivity contribution is 8.00.